The third-order valence-electron chi connectivity index (χ3n) is 7.16. The second-order valence-corrected chi connectivity index (χ2v) is 9.50. The van der Waals surface area contributed by atoms with E-state index in [1.165, 1.54) is 4.90 Å². The summed E-state index contributed by atoms with van der Waals surface area (Å²) in [4.78, 5) is 16.9. The van der Waals surface area contributed by atoms with Crippen molar-refractivity contribution < 1.29 is 35.9 Å². The van der Waals surface area contributed by atoms with Crippen LogP contribution < -0.4 is 0 Å². The number of benzene rings is 1. The molecule has 10 heteroatoms. The minimum atomic E-state index is -4.92. The molecule has 4 unspecified atom stereocenters. The Morgan fingerprint density at radius 3 is 2.18 bits per heavy atom. The predicted octanol–water partition coefficient (Wildman–Crippen LogP) is 5.60. The third kappa shape index (κ3) is 6.24. The molecule has 1 aliphatic carbocycles. The first-order valence-electron chi connectivity index (χ1n) is 11.7. The van der Waals surface area contributed by atoms with Crippen molar-refractivity contribution in [2.75, 3.05) is 26.8 Å². The van der Waals surface area contributed by atoms with Crippen LogP contribution in [0.2, 0.25) is 0 Å². The SMILES string of the molecule is CCN(Cc1cc(C(F)(F)F)cc(C(F)(F)F)c1)C(=O)C1CCC(N(C)C2CCOCC2C)C1. The monoisotopic (exact) mass is 494 g/mol. The van der Waals surface area contributed by atoms with E-state index in [1.54, 1.807) is 6.92 Å². The number of halogens is 6. The van der Waals surface area contributed by atoms with Gasteiger partial charge in [0.05, 0.1) is 17.7 Å². The Kier molecular flexibility index (Phi) is 8.22. The van der Waals surface area contributed by atoms with E-state index in [2.05, 4.69) is 18.9 Å². The smallest absolute Gasteiger partial charge is 0.381 e. The van der Waals surface area contributed by atoms with Crippen molar-refractivity contribution in [3.8, 4) is 0 Å². The van der Waals surface area contributed by atoms with Gasteiger partial charge in [-0.2, -0.15) is 26.3 Å². The maximum absolute atomic E-state index is 13.2. The van der Waals surface area contributed by atoms with Gasteiger partial charge in [-0.05, 0) is 69.3 Å². The average molecular weight is 495 g/mol. The first-order chi connectivity index (χ1) is 15.8. The van der Waals surface area contributed by atoms with Gasteiger partial charge >= 0.3 is 12.4 Å². The average Bonchev–Trinajstić information content (AvgIpc) is 3.26. The molecular weight excluding hydrogens is 462 g/mol. The van der Waals surface area contributed by atoms with Gasteiger partial charge in [-0.3, -0.25) is 4.79 Å². The van der Waals surface area contributed by atoms with E-state index < -0.39 is 23.5 Å². The van der Waals surface area contributed by atoms with E-state index in [1.807, 2.05) is 0 Å². The lowest BCUT2D eigenvalue weighted by molar-refractivity contribution is -0.143. The molecule has 0 spiro atoms. The van der Waals surface area contributed by atoms with Gasteiger partial charge in [0.25, 0.3) is 0 Å². The molecule has 1 amide bonds. The summed E-state index contributed by atoms with van der Waals surface area (Å²) in [7, 11) is 2.06. The first kappa shape index (κ1) is 26.8. The molecule has 4 atom stereocenters. The fraction of sp³-hybridized carbons (Fsp3) is 0.708. The van der Waals surface area contributed by atoms with Crippen molar-refractivity contribution in [2.24, 2.45) is 11.8 Å². The molecule has 1 aromatic carbocycles. The molecule has 0 bridgehead atoms. The Balaban J connectivity index is 1.72. The number of hydrogen-bond donors (Lipinski definition) is 0. The molecule has 1 saturated carbocycles. The molecule has 1 aromatic rings. The lowest BCUT2D eigenvalue weighted by Crippen LogP contribution is -2.47. The second-order valence-electron chi connectivity index (χ2n) is 9.50. The molecule has 4 nitrogen and oxygen atoms in total. The van der Waals surface area contributed by atoms with E-state index in [0.717, 1.165) is 12.8 Å². The number of hydrogen-bond acceptors (Lipinski definition) is 3. The largest absolute Gasteiger partial charge is 0.416 e. The number of alkyl halides is 6. The Labute approximate surface area is 196 Å². The molecule has 2 fully saturated rings. The van der Waals surface area contributed by atoms with Crippen LogP contribution in [0, 0.1) is 11.8 Å². The van der Waals surface area contributed by atoms with Crippen molar-refractivity contribution >= 4 is 5.91 Å². The molecule has 2 aliphatic rings. The van der Waals surface area contributed by atoms with Crippen LogP contribution in [-0.4, -0.2) is 54.6 Å². The summed E-state index contributed by atoms with van der Waals surface area (Å²) in [5, 5.41) is 0. The molecular formula is C24H32F6N2O2. The quantitative estimate of drug-likeness (QED) is 0.483. The molecule has 1 heterocycles. The maximum Gasteiger partial charge on any atom is 0.416 e. The van der Waals surface area contributed by atoms with Crippen LogP contribution in [0.1, 0.15) is 56.2 Å². The molecule has 192 valence electrons. The minimum absolute atomic E-state index is 0.107. The van der Waals surface area contributed by atoms with Crippen LogP contribution in [0.3, 0.4) is 0 Å². The van der Waals surface area contributed by atoms with Gasteiger partial charge in [-0.25, -0.2) is 0 Å². The summed E-state index contributed by atoms with van der Waals surface area (Å²) < 4.78 is 84.7. The Morgan fingerprint density at radius 1 is 1.03 bits per heavy atom. The lowest BCUT2D eigenvalue weighted by Gasteiger charge is -2.39. The van der Waals surface area contributed by atoms with Gasteiger partial charge in [-0.1, -0.05) is 6.92 Å². The molecule has 1 saturated heterocycles. The van der Waals surface area contributed by atoms with Crippen molar-refractivity contribution in [1.82, 2.24) is 9.80 Å². The van der Waals surface area contributed by atoms with Crippen molar-refractivity contribution in [3.05, 3.63) is 34.9 Å². The van der Waals surface area contributed by atoms with Crippen LogP contribution in [0.5, 0.6) is 0 Å². The van der Waals surface area contributed by atoms with Crippen LogP contribution in [0.4, 0.5) is 26.3 Å². The van der Waals surface area contributed by atoms with Crippen LogP contribution in [0.25, 0.3) is 0 Å². The topological polar surface area (TPSA) is 32.8 Å². The molecule has 1 aliphatic heterocycles. The van der Waals surface area contributed by atoms with Crippen LogP contribution in [0.15, 0.2) is 18.2 Å². The Bertz CT molecular complexity index is 825. The zero-order chi connectivity index (χ0) is 25.3. The Hall–Kier alpha value is -1.81. The summed E-state index contributed by atoms with van der Waals surface area (Å²) >= 11 is 0. The minimum Gasteiger partial charge on any atom is -0.381 e. The highest BCUT2D eigenvalue weighted by molar-refractivity contribution is 5.79. The van der Waals surface area contributed by atoms with Crippen molar-refractivity contribution in [2.45, 2.75) is 70.5 Å². The van der Waals surface area contributed by atoms with Crippen molar-refractivity contribution in [3.63, 3.8) is 0 Å². The normalized spacial score (nSPS) is 26.2. The van der Waals surface area contributed by atoms with E-state index in [4.69, 9.17) is 4.74 Å². The number of amides is 1. The second kappa shape index (κ2) is 10.4. The van der Waals surface area contributed by atoms with E-state index in [0.29, 0.717) is 50.1 Å². The van der Waals surface area contributed by atoms with Gasteiger partial charge < -0.3 is 14.5 Å². The summed E-state index contributed by atoms with van der Waals surface area (Å²) in [5.41, 5.74) is -2.91. The predicted molar refractivity (Wildman–Crippen MR) is 115 cm³/mol. The van der Waals surface area contributed by atoms with Crippen LogP contribution >= 0.6 is 0 Å². The Morgan fingerprint density at radius 2 is 1.65 bits per heavy atom. The third-order valence-corrected chi connectivity index (χ3v) is 7.16. The standard InChI is InChI=1S/C24H32F6N2O2/c1-4-32(13-16-9-18(23(25,26)27)12-19(10-16)24(28,29)30)22(33)17-5-6-20(11-17)31(3)21-7-8-34-14-15(21)2/h9-10,12,15,17,20-21H,4-8,11,13-14H2,1-3H3. The number of nitrogens with zero attached hydrogens (tertiary/aromatic N) is 2. The number of carbonyl (C=O) groups is 1. The maximum atomic E-state index is 13.2. The number of ether oxygens (including phenoxy) is 1. The van der Waals surface area contributed by atoms with Crippen LogP contribution in [-0.2, 0) is 28.4 Å². The first-order valence-corrected chi connectivity index (χ1v) is 11.7. The molecule has 34 heavy (non-hydrogen) atoms. The van der Waals surface area contributed by atoms with Gasteiger partial charge in [0.2, 0.25) is 5.91 Å². The van der Waals surface area contributed by atoms with Gasteiger partial charge in [0, 0.05) is 37.7 Å². The zero-order valence-electron chi connectivity index (χ0n) is 19.7. The molecule has 0 aromatic heterocycles. The van der Waals surface area contributed by atoms with Crippen molar-refractivity contribution in [1.29, 1.82) is 0 Å². The highest BCUT2D eigenvalue weighted by Gasteiger charge is 2.39. The van der Waals surface area contributed by atoms with Gasteiger partial charge in [0.15, 0.2) is 0 Å². The summed E-state index contributed by atoms with van der Waals surface area (Å²) in [6.07, 6.45) is -6.80. The fourth-order valence-corrected chi connectivity index (χ4v) is 5.23. The molecule has 0 N–H and O–H groups in total. The van der Waals surface area contributed by atoms with E-state index in [-0.39, 0.29) is 42.6 Å². The van der Waals surface area contributed by atoms with E-state index in [9.17, 15) is 31.1 Å². The van der Waals surface area contributed by atoms with Gasteiger partial charge in [0.1, 0.15) is 0 Å². The zero-order valence-corrected chi connectivity index (χ0v) is 19.7. The summed E-state index contributed by atoms with van der Waals surface area (Å²) in [6, 6.07) is 2.08. The van der Waals surface area contributed by atoms with Gasteiger partial charge in [-0.15, -0.1) is 0 Å². The summed E-state index contributed by atoms with van der Waals surface area (Å²) in [6.45, 7) is 5.12. The highest BCUT2D eigenvalue weighted by Crippen LogP contribution is 2.37. The highest BCUT2D eigenvalue weighted by atomic mass is 19.4. The lowest BCUT2D eigenvalue weighted by atomic mass is 9.94. The molecule has 3 rings (SSSR count). The van der Waals surface area contributed by atoms with E-state index >= 15 is 0 Å². The number of carbonyl (C=O) groups excluding carboxylic acids is 1. The summed E-state index contributed by atoms with van der Waals surface area (Å²) in [5.74, 6) is -0.135. The molecule has 0 radical (unpaired) electrons. The fourth-order valence-electron chi connectivity index (χ4n) is 5.23. The number of rotatable bonds is 6.